The van der Waals surface area contributed by atoms with Gasteiger partial charge in [-0.05, 0) is 30.0 Å². The molecule has 10 heteroatoms. The van der Waals surface area contributed by atoms with E-state index in [1.165, 1.54) is 7.91 Å². The fourth-order valence-corrected chi connectivity index (χ4v) is 3.96. The summed E-state index contributed by atoms with van der Waals surface area (Å²) in [6, 6.07) is 0. The number of hydrogen-bond acceptors (Lipinski definition) is 4. The van der Waals surface area contributed by atoms with Crippen LogP contribution in [0.5, 0.6) is 0 Å². The van der Waals surface area contributed by atoms with Crippen LogP contribution in [0.4, 0.5) is 0 Å². The lowest BCUT2D eigenvalue weighted by atomic mass is 10.5. The van der Waals surface area contributed by atoms with Gasteiger partial charge in [0.1, 0.15) is 24.9 Å². The number of nitrogens with zero attached hydrogens (tertiary/aromatic N) is 2. The molecule has 2 heterocycles. The molecular formula is C8H4Cl4N2O2S2. The van der Waals surface area contributed by atoms with Gasteiger partial charge >= 0.3 is 0 Å². The van der Waals surface area contributed by atoms with E-state index in [-0.39, 0.29) is 18.7 Å². The summed E-state index contributed by atoms with van der Waals surface area (Å²) in [5, 5.41) is -0.120. The standard InChI is InChI=1S/C8H4Cl4N2O2S2/c1-2(13-7(15)3(9)5(11)17-13)14-8(16)4(10)6(12)18-14/h2H,1H3. The van der Waals surface area contributed by atoms with Gasteiger partial charge in [0.05, 0.1) is 0 Å². The predicted octanol–water partition coefficient (Wildman–Crippen LogP) is 3.81. The maximum absolute atomic E-state index is 11.8. The first-order valence-corrected chi connectivity index (χ1v) is 7.54. The molecule has 2 aromatic rings. The summed E-state index contributed by atoms with van der Waals surface area (Å²) in [4.78, 5) is 23.6. The summed E-state index contributed by atoms with van der Waals surface area (Å²) in [6.45, 7) is 1.65. The molecule has 0 bridgehead atoms. The Morgan fingerprint density at radius 3 is 1.44 bits per heavy atom. The predicted molar refractivity (Wildman–Crippen MR) is 77.3 cm³/mol. The molecule has 98 valence electrons. The van der Waals surface area contributed by atoms with E-state index in [0.717, 1.165) is 23.1 Å². The summed E-state index contributed by atoms with van der Waals surface area (Å²) >= 11 is 24.9. The van der Waals surface area contributed by atoms with Gasteiger partial charge in [0, 0.05) is 0 Å². The third-order valence-corrected chi connectivity index (χ3v) is 6.13. The summed E-state index contributed by atoms with van der Waals surface area (Å²) in [7, 11) is 0. The van der Waals surface area contributed by atoms with E-state index in [0.29, 0.717) is 0 Å². The SMILES string of the molecule is CC(n1sc(Cl)c(Cl)c1=O)n1sc(Cl)c(Cl)c1=O. The van der Waals surface area contributed by atoms with Crippen LogP contribution < -0.4 is 11.1 Å². The Balaban J connectivity index is 2.58. The van der Waals surface area contributed by atoms with Gasteiger partial charge in [0.2, 0.25) is 0 Å². The molecule has 18 heavy (non-hydrogen) atoms. The van der Waals surface area contributed by atoms with E-state index in [9.17, 15) is 9.59 Å². The van der Waals surface area contributed by atoms with Crippen molar-refractivity contribution in [2.24, 2.45) is 0 Å². The number of halogens is 4. The second-order valence-electron chi connectivity index (χ2n) is 3.25. The van der Waals surface area contributed by atoms with Gasteiger partial charge in [-0.15, -0.1) is 0 Å². The van der Waals surface area contributed by atoms with Crippen LogP contribution in [0, 0.1) is 0 Å². The molecule has 0 aromatic carbocycles. The van der Waals surface area contributed by atoms with Gasteiger partial charge in [0.25, 0.3) is 11.1 Å². The fraction of sp³-hybridized carbons (Fsp3) is 0.250. The van der Waals surface area contributed by atoms with Crippen molar-refractivity contribution >= 4 is 69.5 Å². The summed E-state index contributed by atoms with van der Waals surface area (Å²) in [6.07, 6.45) is -0.588. The third kappa shape index (κ3) is 2.26. The first-order valence-electron chi connectivity index (χ1n) is 4.48. The average Bonchev–Trinajstić information content (AvgIpc) is 2.74. The van der Waals surface area contributed by atoms with Gasteiger partial charge < -0.3 is 0 Å². The molecule has 4 nitrogen and oxygen atoms in total. The Bertz CT molecular complexity index is 653. The van der Waals surface area contributed by atoms with Crippen molar-refractivity contribution in [3.05, 3.63) is 39.4 Å². The Labute approximate surface area is 129 Å². The zero-order valence-electron chi connectivity index (χ0n) is 8.62. The number of hydrogen-bond donors (Lipinski definition) is 0. The molecule has 0 fully saturated rings. The Hall–Kier alpha value is 0.0200. The van der Waals surface area contributed by atoms with E-state index in [2.05, 4.69) is 0 Å². The third-order valence-electron chi connectivity index (χ3n) is 2.16. The van der Waals surface area contributed by atoms with E-state index < -0.39 is 17.3 Å². The zero-order chi connectivity index (χ0) is 13.6. The van der Waals surface area contributed by atoms with Gasteiger partial charge in [-0.3, -0.25) is 9.59 Å². The van der Waals surface area contributed by atoms with Crippen molar-refractivity contribution in [1.82, 2.24) is 7.91 Å². The largest absolute Gasteiger partial charge is 0.282 e. The van der Waals surface area contributed by atoms with Crippen LogP contribution in [0.25, 0.3) is 0 Å². The van der Waals surface area contributed by atoms with Crippen molar-refractivity contribution in [2.75, 3.05) is 0 Å². The van der Waals surface area contributed by atoms with E-state index >= 15 is 0 Å². The van der Waals surface area contributed by atoms with Crippen LogP contribution in [0.1, 0.15) is 13.1 Å². The van der Waals surface area contributed by atoms with Crippen LogP contribution in [0.2, 0.25) is 18.7 Å². The molecule has 2 rings (SSSR count). The van der Waals surface area contributed by atoms with E-state index in [1.807, 2.05) is 0 Å². The minimum Gasteiger partial charge on any atom is -0.267 e. The lowest BCUT2D eigenvalue weighted by Crippen LogP contribution is -2.27. The molecule has 0 spiro atoms. The molecule has 0 amide bonds. The van der Waals surface area contributed by atoms with Crippen molar-refractivity contribution in [2.45, 2.75) is 13.1 Å². The van der Waals surface area contributed by atoms with Crippen molar-refractivity contribution in [3.63, 3.8) is 0 Å². The van der Waals surface area contributed by atoms with Crippen molar-refractivity contribution in [3.8, 4) is 0 Å². The van der Waals surface area contributed by atoms with Gasteiger partial charge in [-0.25, -0.2) is 7.91 Å². The maximum Gasteiger partial charge on any atom is 0.282 e. The minimum atomic E-state index is -0.588. The highest BCUT2D eigenvalue weighted by Gasteiger charge is 2.21. The van der Waals surface area contributed by atoms with Crippen LogP contribution in [0.15, 0.2) is 9.59 Å². The summed E-state index contributed by atoms with van der Waals surface area (Å²) in [5.74, 6) is 0. The Morgan fingerprint density at radius 2 is 1.22 bits per heavy atom. The molecule has 0 atom stereocenters. The first kappa shape index (κ1) is 14.4. The van der Waals surface area contributed by atoms with Gasteiger partial charge in [-0.2, -0.15) is 0 Å². The van der Waals surface area contributed by atoms with Gasteiger partial charge in [-0.1, -0.05) is 46.4 Å². The normalized spacial score (nSPS) is 11.4. The molecule has 0 aliphatic rings. The maximum atomic E-state index is 11.8. The number of rotatable bonds is 2. The Morgan fingerprint density at radius 1 is 0.889 bits per heavy atom. The smallest absolute Gasteiger partial charge is 0.267 e. The van der Waals surface area contributed by atoms with Crippen LogP contribution in [-0.2, 0) is 0 Å². The monoisotopic (exact) mass is 364 g/mol. The quantitative estimate of drug-likeness (QED) is 0.812. The molecule has 0 N–H and O–H groups in total. The molecular weight excluding hydrogens is 362 g/mol. The second-order valence-corrected chi connectivity index (χ2v) is 7.18. The fourth-order valence-electron chi connectivity index (χ4n) is 1.28. The molecule has 0 saturated heterocycles. The topological polar surface area (TPSA) is 44.0 Å². The molecule has 0 saturated carbocycles. The Kier molecular flexibility index (Phi) is 4.16. The van der Waals surface area contributed by atoms with Crippen LogP contribution in [0.3, 0.4) is 0 Å². The first-order chi connectivity index (χ1) is 8.34. The molecule has 0 aliphatic carbocycles. The van der Waals surface area contributed by atoms with Crippen molar-refractivity contribution < 1.29 is 0 Å². The summed E-state index contributed by atoms with van der Waals surface area (Å²) < 4.78 is 2.93. The average molecular weight is 366 g/mol. The highest BCUT2D eigenvalue weighted by Crippen LogP contribution is 2.29. The summed E-state index contributed by atoms with van der Waals surface area (Å²) in [5.41, 5.74) is -0.904. The molecule has 0 radical (unpaired) electrons. The van der Waals surface area contributed by atoms with Crippen LogP contribution in [-0.4, -0.2) is 7.91 Å². The van der Waals surface area contributed by atoms with Crippen LogP contribution >= 0.6 is 69.5 Å². The second kappa shape index (κ2) is 5.19. The lowest BCUT2D eigenvalue weighted by molar-refractivity contribution is 0.515. The van der Waals surface area contributed by atoms with E-state index in [1.54, 1.807) is 6.92 Å². The molecule has 2 aromatic heterocycles. The minimum absolute atomic E-state index is 0.0599. The highest BCUT2D eigenvalue weighted by atomic mass is 35.5. The van der Waals surface area contributed by atoms with Gasteiger partial charge in [0.15, 0.2) is 0 Å². The molecule has 0 unspecified atom stereocenters. The lowest BCUT2D eigenvalue weighted by Gasteiger charge is -2.10. The highest BCUT2D eigenvalue weighted by molar-refractivity contribution is 7.12. The zero-order valence-corrected chi connectivity index (χ0v) is 13.3. The van der Waals surface area contributed by atoms with Crippen molar-refractivity contribution in [1.29, 1.82) is 0 Å². The van der Waals surface area contributed by atoms with E-state index in [4.69, 9.17) is 46.4 Å². The number of aromatic nitrogens is 2. The molecule has 0 aliphatic heterocycles.